The number of benzene rings is 8. The zero-order valence-corrected chi connectivity index (χ0v) is 34.4. The first kappa shape index (κ1) is 34.6. The summed E-state index contributed by atoms with van der Waals surface area (Å²) in [5.41, 5.74) is 16.7. The molecule has 0 spiro atoms. The zero-order valence-electron chi connectivity index (χ0n) is 33.6. The lowest BCUT2D eigenvalue weighted by Crippen LogP contribution is -2.21. The van der Waals surface area contributed by atoms with Crippen LogP contribution in [0.2, 0.25) is 0 Å². The molecule has 0 aliphatic heterocycles. The van der Waals surface area contributed by atoms with Crippen molar-refractivity contribution >= 4 is 53.4 Å². The molecule has 5 heteroatoms. The molecule has 13 rings (SSSR count). The van der Waals surface area contributed by atoms with Crippen molar-refractivity contribution in [2.75, 3.05) is 0 Å². The number of aromatic nitrogens is 3. The quantitative estimate of drug-likeness (QED) is 0.178. The second-order valence-electron chi connectivity index (χ2n) is 17.0. The van der Waals surface area contributed by atoms with Crippen LogP contribution in [0.5, 0.6) is 0 Å². The van der Waals surface area contributed by atoms with Gasteiger partial charge in [-0.2, -0.15) is 0 Å². The third-order valence-corrected chi connectivity index (χ3v) is 14.6. The van der Waals surface area contributed by atoms with Crippen LogP contribution in [0.15, 0.2) is 174 Å². The summed E-state index contributed by atoms with van der Waals surface area (Å²) >= 11 is 1.78. The molecule has 0 amide bonds. The Morgan fingerprint density at radius 1 is 0.525 bits per heavy atom. The van der Waals surface area contributed by atoms with Crippen molar-refractivity contribution in [3.05, 3.63) is 198 Å². The molecule has 0 saturated carbocycles. The van der Waals surface area contributed by atoms with Gasteiger partial charge in [0, 0.05) is 53.4 Å². The molecule has 1 unspecified atom stereocenters. The van der Waals surface area contributed by atoms with E-state index in [1.807, 2.05) is 18.2 Å². The van der Waals surface area contributed by atoms with Crippen molar-refractivity contribution in [3.8, 4) is 56.4 Å². The number of furan rings is 1. The van der Waals surface area contributed by atoms with E-state index in [0.29, 0.717) is 17.5 Å². The molecule has 2 aliphatic rings. The van der Waals surface area contributed by atoms with Gasteiger partial charge in [-0.3, -0.25) is 0 Å². The van der Waals surface area contributed by atoms with Crippen molar-refractivity contribution in [1.29, 1.82) is 0 Å². The largest absolute Gasteiger partial charge is 0.455 e. The summed E-state index contributed by atoms with van der Waals surface area (Å²) in [4.78, 5) is 15.5. The highest BCUT2D eigenvalue weighted by molar-refractivity contribution is 7.26. The predicted molar refractivity (Wildman–Crippen MR) is 251 cm³/mol. The lowest BCUT2D eigenvalue weighted by molar-refractivity contribution is 0.643. The van der Waals surface area contributed by atoms with Gasteiger partial charge in [-0.05, 0) is 86.8 Å². The minimum atomic E-state index is -0.0884. The van der Waals surface area contributed by atoms with E-state index in [-0.39, 0.29) is 11.3 Å². The van der Waals surface area contributed by atoms with E-state index in [9.17, 15) is 0 Å². The lowest BCUT2D eigenvalue weighted by Gasteiger charge is -2.33. The Bertz CT molecular complexity index is 3620. The van der Waals surface area contributed by atoms with Crippen LogP contribution in [0.25, 0.3) is 98.5 Å². The number of nitrogens with zero attached hydrogens (tertiary/aromatic N) is 3. The van der Waals surface area contributed by atoms with Crippen molar-refractivity contribution in [2.24, 2.45) is 0 Å². The van der Waals surface area contributed by atoms with Gasteiger partial charge in [-0.15, -0.1) is 11.3 Å². The molecular formula is C56H37N3OS. The van der Waals surface area contributed by atoms with E-state index >= 15 is 0 Å². The van der Waals surface area contributed by atoms with E-state index in [1.165, 1.54) is 70.2 Å². The Balaban J connectivity index is 0.966. The highest BCUT2D eigenvalue weighted by Gasteiger charge is 2.40. The van der Waals surface area contributed by atoms with E-state index < -0.39 is 0 Å². The summed E-state index contributed by atoms with van der Waals surface area (Å²) in [6.45, 7) is 4.80. The standard InChI is InChI=1S/C56H37N3OS/c1-56(2)47-24-10-8-18-37(47)39-28-27-36-34-16-6-7-17-35(34)44(31-46(36)50(39)56)33-26-29-48-45(30-33)40-20-12-22-42(51(40)60-48)54-57-53(32-14-4-3-5-15-32)58-55(59-54)43-23-13-21-41-38-19-9-11-25-49(38)61-52(41)43/h3-30,44H,31H2,1-2H3. The first-order valence-electron chi connectivity index (χ1n) is 21.0. The van der Waals surface area contributed by atoms with E-state index in [4.69, 9.17) is 19.4 Å². The van der Waals surface area contributed by atoms with E-state index in [0.717, 1.165) is 45.0 Å². The van der Waals surface area contributed by atoms with Crippen molar-refractivity contribution < 1.29 is 4.42 Å². The van der Waals surface area contributed by atoms with Crippen LogP contribution in [-0.2, 0) is 11.8 Å². The molecule has 0 fully saturated rings. The first-order valence-corrected chi connectivity index (χ1v) is 21.8. The molecule has 0 N–H and O–H groups in total. The van der Waals surface area contributed by atoms with Gasteiger partial charge < -0.3 is 4.42 Å². The van der Waals surface area contributed by atoms with Crippen LogP contribution >= 0.6 is 11.3 Å². The predicted octanol–water partition coefficient (Wildman–Crippen LogP) is 14.8. The fourth-order valence-corrected chi connectivity index (χ4v) is 11.8. The average molecular weight is 800 g/mol. The monoisotopic (exact) mass is 799 g/mol. The number of para-hydroxylation sites is 1. The van der Waals surface area contributed by atoms with E-state index in [1.54, 1.807) is 11.3 Å². The Labute approximate surface area is 356 Å². The number of thiophene rings is 1. The number of hydrogen-bond donors (Lipinski definition) is 0. The van der Waals surface area contributed by atoms with Crippen LogP contribution in [0.3, 0.4) is 0 Å². The highest BCUT2D eigenvalue weighted by atomic mass is 32.1. The molecule has 288 valence electrons. The van der Waals surface area contributed by atoms with Crippen LogP contribution in [0.1, 0.15) is 47.6 Å². The van der Waals surface area contributed by atoms with Gasteiger partial charge in [-0.25, -0.2) is 15.0 Å². The summed E-state index contributed by atoms with van der Waals surface area (Å²) in [5.74, 6) is 2.04. The second kappa shape index (κ2) is 12.9. The summed E-state index contributed by atoms with van der Waals surface area (Å²) in [6.07, 6.45) is 0.932. The summed E-state index contributed by atoms with van der Waals surface area (Å²) in [7, 11) is 0. The van der Waals surface area contributed by atoms with Crippen molar-refractivity contribution in [3.63, 3.8) is 0 Å². The van der Waals surface area contributed by atoms with Gasteiger partial charge in [0.15, 0.2) is 17.5 Å². The van der Waals surface area contributed by atoms with Crippen LogP contribution in [0.4, 0.5) is 0 Å². The lowest BCUT2D eigenvalue weighted by atomic mass is 9.70. The van der Waals surface area contributed by atoms with Crippen LogP contribution in [0, 0.1) is 0 Å². The Kier molecular flexibility index (Phi) is 7.32. The minimum Gasteiger partial charge on any atom is -0.455 e. The summed E-state index contributed by atoms with van der Waals surface area (Å²) in [5, 5.41) is 4.59. The van der Waals surface area contributed by atoms with Gasteiger partial charge >= 0.3 is 0 Å². The molecule has 3 aromatic heterocycles. The SMILES string of the molecule is CC1(C)c2ccccc2-c2ccc3c(c21)CC(c1ccc2oc4c(-c5nc(-c6ccccc6)nc(-c6cccc7c6sc6ccccc67)n5)cccc4c2c1)c1ccccc1-3. The normalized spacial score (nSPS) is 15.0. The molecule has 4 nitrogen and oxygen atoms in total. The van der Waals surface area contributed by atoms with Crippen LogP contribution < -0.4 is 0 Å². The molecule has 0 bridgehead atoms. The molecule has 0 radical (unpaired) electrons. The summed E-state index contributed by atoms with van der Waals surface area (Å²) < 4.78 is 9.24. The molecule has 0 saturated heterocycles. The van der Waals surface area contributed by atoms with Gasteiger partial charge in [0.25, 0.3) is 0 Å². The van der Waals surface area contributed by atoms with Gasteiger partial charge in [-0.1, -0.05) is 153 Å². The van der Waals surface area contributed by atoms with Crippen molar-refractivity contribution in [1.82, 2.24) is 15.0 Å². The third kappa shape index (κ3) is 5.08. The minimum absolute atomic E-state index is 0.0884. The van der Waals surface area contributed by atoms with Gasteiger partial charge in [0.2, 0.25) is 0 Å². The third-order valence-electron chi connectivity index (χ3n) is 13.3. The van der Waals surface area contributed by atoms with Crippen LogP contribution in [-0.4, -0.2) is 15.0 Å². The topological polar surface area (TPSA) is 51.8 Å². The molecular weight excluding hydrogens is 763 g/mol. The molecule has 1 atom stereocenters. The van der Waals surface area contributed by atoms with Gasteiger partial charge in [0.1, 0.15) is 11.2 Å². The number of hydrogen-bond acceptors (Lipinski definition) is 5. The molecule has 8 aromatic carbocycles. The highest BCUT2D eigenvalue weighted by Crippen LogP contribution is 2.55. The second-order valence-corrected chi connectivity index (χ2v) is 18.1. The average Bonchev–Trinajstić information content (AvgIpc) is 3.96. The Hall–Kier alpha value is -7.21. The Morgan fingerprint density at radius 3 is 2.08 bits per heavy atom. The van der Waals surface area contributed by atoms with Gasteiger partial charge in [0.05, 0.1) is 5.56 Å². The Morgan fingerprint density at radius 2 is 1.20 bits per heavy atom. The number of fused-ring (bicyclic) bond motifs is 13. The van der Waals surface area contributed by atoms with Crippen molar-refractivity contribution in [2.45, 2.75) is 31.6 Å². The van der Waals surface area contributed by atoms with E-state index in [2.05, 4.69) is 166 Å². The zero-order chi connectivity index (χ0) is 40.4. The molecule has 2 aliphatic carbocycles. The summed E-state index contributed by atoms with van der Waals surface area (Å²) in [6, 6.07) is 61.1. The molecule has 3 heterocycles. The molecule has 11 aromatic rings. The first-order chi connectivity index (χ1) is 30.0. The fraction of sp³-hybridized carbons (Fsp3) is 0.0893. The smallest absolute Gasteiger partial charge is 0.167 e. The maximum absolute atomic E-state index is 6.83. The number of rotatable bonds is 4. The maximum atomic E-state index is 6.83. The maximum Gasteiger partial charge on any atom is 0.167 e. The fourth-order valence-electron chi connectivity index (χ4n) is 10.6. The molecule has 61 heavy (non-hydrogen) atoms.